The number of pyridine rings is 1. The summed E-state index contributed by atoms with van der Waals surface area (Å²) in [6, 6.07) is 4.53. The van der Waals surface area contributed by atoms with E-state index in [4.69, 9.17) is 0 Å². The molecule has 2 aromatic rings. The smallest absolute Gasteiger partial charge is 0.0946 e. The van der Waals surface area contributed by atoms with Crippen LogP contribution in [0.2, 0.25) is 0 Å². The zero-order chi connectivity index (χ0) is 13.2. The van der Waals surface area contributed by atoms with E-state index in [2.05, 4.69) is 33.0 Å². The van der Waals surface area contributed by atoms with Crippen molar-refractivity contribution in [1.82, 2.24) is 19.9 Å². The standard InChI is InChI=1S/C15H20N4/c1-16-15(13-9-17-10-19(13)2)12-7-3-5-11-6-4-8-18-14(11)12/h4,6,8-10,12,15-16H,3,5,7H2,1-2H3. The topological polar surface area (TPSA) is 42.7 Å². The van der Waals surface area contributed by atoms with Crippen LogP contribution in [0, 0.1) is 0 Å². The quantitative estimate of drug-likeness (QED) is 0.915. The van der Waals surface area contributed by atoms with E-state index in [-0.39, 0.29) is 6.04 Å². The Balaban J connectivity index is 2.00. The number of hydrogen-bond acceptors (Lipinski definition) is 3. The van der Waals surface area contributed by atoms with Crippen molar-refractivity contribution in [3.8, 4) is 0 Å². The predicted molar refractivity (Wildman–Crippen MR) is 74.9 cm³/mol. The van der Waals surface area contributed by atoms with Crippen LogP contribution in [0.25, 0.3) is 0 Å². The Morgan fingerprint density at radius 3 is 3.11 bits per heavy atom. The van der Waals surface area contributed by atoms with E-state index in [0.717, 1.165) is 6.42 Å². The lowest BCUT2D eigenvalue weighted by Crippen LogP contribution is -2.28. The number of imidazole rings is 1. The molecule has 4 nitrogen and oxygen atoms in total. The van der Waals surface area contributed by atoms with Gasteiger partial charge < -0.3 is 9.88 Å². The van der Waals surface area contributed by atoms with Crippen molar-refractivity contribution < 1.29 is 0 Å². The maximum atomic E-state index is 4.64. The van der Waals surface area contributed by atoms with Crippen LogP contribution >= 0.6 is 0 Å². The van der Waals surface area contributed by atoms with Crippen molar-refractivity contribution in [3.63, 3.8) is 0 Å². The number of fused-ring (bicyclic) bond motifs is 1. The van der Waals surface area contributed by atoms with E-state index in [0.29, 0.717) is 5.92 Å². The summed E-state index contributed by atoms with van der Waals surface area (Å²) >= 11 is 0. The lowest BCUT2D eigenvalue weighted by molar-refractivity contribution is 0.402. The van der Waals surface area contributed by atoms with Crippen molar-refractivity contribution in [2.45, 2.75) is 31.2 Å². The van der Waals surface area contributed by atoms with Crippen LogP contribution in [-0.2, 0) is 13.5 Å². The first-order valence-electron chi connectivity index (χ1n) is 6.88. The minimum absolute atomic E-state index is 0.279. The molecule has 0 saturated carbocycles. The highest BCUT2D eigenvalue weighted by Gasteiger charge is 2.30. The highest BCUT2D eigenvalue weighted by Crippen LogP contribution is 2.38. The summed E-state index contributed by atoms with van der Waals surface area (Å²) in [7, 11) is 4.07. The van der Waals surface area contributed by atoms with Crippen LogP contribution in [-0.4, -0.2) is 21.6 Å². The second-order valence-corrected chi connectivity index (χ2v) is 5.24. The number of aromatic nitrogens is 3. The summed E-state index contributed by atoms with van der Waals surface area (Å²) in [5.41, 5.74) is 3.89. The molecule has 4 heteroatoms. The predicted octanol–water partition coefficient (Wildman–Crippen LogP) is 2.20. The molecule has 0 radical (unpaired) electrons. The van der Waals surface area contributed by atoms with Crippen molar-refractivity contribution in [3.05, 3.63) is 47.8 Å². The van der Waals surface area contributed by atoms with E-state index >= 15 is 0 Å². The molecule has 0 spiro atoms. The lowest BCUT2D eigenvalue weighted by Gasteiger charge is -2.31. The van der Waals surface area contributed by atoms with Crippen molar-refractivity contribution in [2.75, 3.05) is 7.05 Å². The fourth-order valence-electron chi connectivity index (χ4n) is 3.19. The van der Waals surface area contributed by atoms with Gasteiger partial charge in [0.2, 0.25) is 0 Å². The number of aryl methyl sites for hydroxylation is 2. The minimum atomic E-state index is 0.279. The van der Waals surface area contributed by atoms with Crippen LogP contribution in [0.1, 0.15) is 41.8 Å². The highest BCUT2D eigenvalue weighted by molar-refractivity contribution is 5.29. The van der Waals surface area contributed by atoms with Crippen molar-refractivity contribution >= 4 is 0 Å². The first-order chi connectivity index (χ1) is 9.31. The van der Waals surface area contributed by atoms with Gasteiger partial charge in [0.15, 0.2) is 0 Å². The molecule has 0 amide bonds. The van der Waals surface area contributed by atoms with E-state index in [1.54, 1.807) is 0 Å². The summed E-state index contributed by atoms with van der Waals surface area (Å²) in [5.74, 6) is 0.436. The van der Waals surface area contributed by atoms with E-state index < -0.39 is 0 Å². The summed E-state index contributed by atoms with van der Waals surface area (Å²) in [6.07, 6.45) is 9.30. The SMILES string of the molecule is CNC(c1cncn1C)C1CCCc2cccnc21. The molecule has 100 valence electrons. The molecule has 1 aliphatic carbocycles. The minimum Gasteiger partial charge on any atom is -0.336 e. The van der Waals surface area contributed by atoms with E-state index in [1.807, 2.05) is 31.8 Å². The van der Waals surface area contributed by atoms with Gasteiger partial charge in [0.25, 0.3) is 0 Å². The van der Waals surface area contributed by atoms with Gasteiger partial charge in [-0.15, -0.1) is 0 Å². The Morgan fingerprint density at radius 1 is 1.47 bits per heavy atom. The molecular formula is C15H20N4. The third kappa shape index (κ3) is 2.16. The Labute approximate surface area is 113 Å². The molecule has 2 atom stereocenters. The molecule has 0 fully saturated rings. The van der Waals surface area contributed by atoms with Gasteiger partial charge in [-0.2, -0.15) is 0 Å². The Bertz CT molecular complexity index is 561. The molecule has 2 heterocycles. The second kappa shape index (κ2) is 5.13. The highest BCUT2D eigenvalue weighted by atomic mass is 15.1. The molecule has 19 heavy (non-hydrogen) atoms. The van der Waals surface area contributed by atoms with Crippen molar-refractivity contribution in [1.29, 1.82) is 0 Å². The molecule has 1 N–H and O–H groups in total. The van der Waals surface area contributed by atoms with E-state index in [1.165, 1.54) is 29.8 Å². The number of nitrogens with zero attached hydrogens (tertiary/aromatic N) is 3. The second-order valence-electron chi connectivity index (χ2n) is 5.24. The average molecular weight is 256 g/mol. The van der Waals surface area contributed by atoms with Crippen LogP contribution in [0.3, 0.4) is 0 Å². The molecule has 0 bridgehead atoms. The lowest BCUT2D eigenvalue weighted by atomic mass is 9.81. The molecule has 0 aromatic carbocycles. The number of nitrogens with one attached hydrogen (secondary N) is 1. The van der Waals surface area contributed by atoms with E-state index in [9.17, 15) is 0 Å². The number of likely N-dealkylation sites (N-methyl/N-ethyl adjacent to an activating group) is 1. The summed E-state index contributed by atoms with van der Waals surface area (Å²) in [6.45, 7) is 0. The average Bonchev–Trinajstić information content (AvgIpc) is 2.86. The molecular weight excluding hydrogens is 236 g/mol. The molecule has 3 rings (SSSR count). The Hall–Kier alpha value is -1.68. The van der Waals surface area contributed by atoms with Gasteiger partial charge in [-0.25, -0.2) is 4.98 Å². The molecule has 2 aromatic heterocycles. The monoisotopic (exact) mass is 256 g/mol. The van der Waals surface area contributed by atoms with Gasteiger partial charge in [-0.05, 0) is 37.9 Å². The Kier molecular flexibility index (Phi) is 3.34. The maximum Gasteiger partial charge on any atom is 0.0946 e. The molecule has 2 unspecified atom stereocenters. The zero-order valence-corrected chi connectivity index (χ0v) is 11.5. The van der Waals surface area contributed by atoms with Crippen LogP contribution in [0.15, 0.2) is 30.9 Å². The van der Waals surface area contributed by atoms with Gasteiger partial charge in [-0.1, -0.05) is 6.07 Å². The third-order valence-corrected chi connectivity index (χ3v) is 4.12. The fourth-order valence-corrected chi connectivity index (χ4v) is 3.19. The number of rotatable bonds is 3. The normalized spacial score (nSPS) is 20.0. The third-order valence-electron chi connectivity index (χ3n) is 4.12. The summed E-state index contributed by atoms with van der Waals surface area (Å²) in [5, 5.41) is 3.46. The zero-order valence-electron chi connectivity index (χ0n) is 11.5. The first kappa shape index (κ1) is 12.4. The molecule has 0 saturated heterocycles. The van der Waals surface area contributed by atoms with Gasteiger partial charge in [0, 0.05) is 31.1 Å². The van der Waals surface area contributed by atoms with Gasteiger partial charge in [0.1, 0.15) is 0 Å². The van der Waals surface area contributed by atoms with Gasteiger partial charge >= 0.3 is 0 Å². The maximum absolute atomic E-state index is 4.64. The fraction of sp³-hybridized carbons (Fsp3) is 0.467. The Morgan fingerprint density at radius 2 is 2.37 bits per heavy atom. The van der Waals surface area contributed by atoms with Crippen molar-refractivity contribution in [2.24, 2.45) is 7.05 Å². The molecule has 1 aliphatic rings. The van der Waals surface area contributed by atoms with Crippen LogP contribution < -0.4 is 5.32 Å². The summed E-state index contributed by atoms with van der Waals surface area (Å²) < 4.78 is 2.10. The summed E-state index contributed by atoms with van der Waals surface area (Å²) in [4.78, 5) is 8.88. The molecule has 0 aliphatic heterocycles. The first-order valence-corrected chi connectivity index (χ1v) is 6.88. The van der Waals surface area contributed by atoms with Crippen LogP contribution in [0.5, 0.6) is 0 Å². The largest absolute Gasteiger partial charge is 0.336 e. The van der Waals surface area contributed by atoms with Gasteiger partial charge in [0.05, 0.1) is 18.1 Å². The number of hydrogen-bond donors (Lipinski definition) is 1. The van der Waals surface area contributed by atoms with Crippen LogP contribution in [0.4, 0.5) is 0 Å². The van der Waals surface area contributed by atoms with Gasteiger partial charge in [-0.3, -0.25) is 4.98 Å².